The molecule has 116 valence electrons. The van der Waals surface area contributed by atoms with Gasteiger partial charge in [0.15, 0.2) is 14.6 Å². The van der Waals surface area contributed by atoms with E-state index in [0.717, 1.165) is 0 Å². The molecule has 7 unspecified atom stereocenters. The standard InChI is InChI=1S/C8H13Cl3NO5P3/c1-2-5(20-13)3(16-18)4(17-19)6(14-2)15-7(12)8(9,10)11/h2-6,12H,18-19H2,1H3. The number of ether oxygens (including phenoxy) is 2. The van der Waals surface area contributed by atoms with Gasteiger partial charge < -0.3 is 18.5 Å². The van der Waals surface area contributed by atoms with E-state index in [0.29, 0.717) is 0 Å². The van der Waals surface area contributed by atoms with E-state index in [1.807, 2.05) is 9.47 Å². The van der Waals surface area contributed by atoms with Crippen LogP contribution < -0.4 is 0 Å². The predicted octanol–water partition coefficient (Wildman–Crippen LogP) is 3.11. The van der Waals surface area contributed by atoms with E-state index in [2.05, 4.69) is 9.47 Å². The molecule has 0 aliphatic carbocycles. The second kappa shape index (κ2) is 8.15. The van der Waals surface area contributed by atoms with E-state index in [1.54, 1.807) is 6.92 Å². The molecule has 1 aliphatic rings. The minimum Gasteiger partial charge on any atom is -0.445 e. The van der Waals surface area contributed by atoms with E-state index < -0.39 is 40.0 Å². The summed E-state index contributed by atoms with van der Waals surface area (Å²) in [5, 5.41) is 7.56. The first-order chi connectivity index (χ1) is 9.26. The summed E-state index contributed by atoms with van der Waals surface area (Å²) in [4.78, 5) is 0. The molecule has 1 rings (SSSR count). The molecule has 12 heteroatoms. The van der Waals surface area contributed by atoms with Crippen LogP contribution in [0.3, 0.4) is 0 Å². The summed E-state index contributed by atoms with van der Waals surface area (Å²) in [5.41, 5.74) is -0.458. The van der Waals surface area contributed by atoms with E-state index in [4.69, 9.17) is 58.7 Å². The van der Waals surface area contributed by atoms with Crippen LogP contribution >= 0.6 is 62.2 Å². The highest BCUT2D eigenvalue weighted by Gasteiger charge is 2.48. The topological polar surface area (TPSA) is 77.8 Å². The van der Waals surface area contributed by atoms with Crippen LogP contribution in [-0.4, -0.2) is 40.0 Å². The van der Waals surface area contributed by atoms with Crippen LogP contribution in [0.1, 0.15) is 6.92 Å². The van der Waals surface area contributed by atoms with Gasteiger partial charge >= 0.3 is 0 Å². The van der Waals surface area contributed by atoms with Gasteiger partial charge in [0.1, 0.15) is 6.10 Å². The van der Waals surface area contributed by atoms with Crippen LogP contribution in [-0.2, 0) is 23.1 Å². The van der Waals surface area contributed by atoms with Gasteiger partial charge in [0.25, 0.3) is 3.79 Å². The van der Waals surface area contributed by atoms with E-state index in [1.165, 1.54) is 0 Å². The first kappa shape index (κ1) is 19.2. The largest absolute Gasteiger partial charge is 0.445 e. The van der Waals surface area contributed by atoms with Crippen molar-refractivity contribution in [1.29, 1.82) is 5.41 Å². The molecule has 1 fully saturated rings. The summed E-state index contributed by atoms with van der Waals surface area (Å²) in [5.74, 6) is -0.604. The molecule has 0 spiro atoms. The van der Waals surface area contributed by atoms with Crippen molar-refractivity contribution in [1.82, 2.24) is 0 Å². The third-order valence-corrected chi connectivity index (χ3v) is 4.79. The number of rotatable bonds is 4. The van der Waals surface area contributed by atoms with Crippen molar-refractivity contribution in [3.63, 3.8) is 0 Å². The molecule has 0 amide bonds. The fourth-order valence-electron chi connectivity index (χ4n) is 1.71. The second-order valence-electron chi connectivity index (χ2n) is 3.95. The summed E-state index contributed by atoms with van der Waals surface area (Å²) < 4.78 is 30.3. The lowest BCUT2D eigenvalue weighted by molar-refractivity contribution is -0.218. The highest BCUT2D eigenvalue weighted by atomic mass is 35.6. The quantitative estimate of drug-likeness (QED) is 0.338. The van der Waals surface area contributed by atoms with E-state index in [-0.39, 0.29) is 8.46 Å². The molecule has 6 nitrogen and oxygen atoms in total. The van der Waals surface area contributed by atoms with Crippen molar-refractivity contribution in [2.24, 2.45) is 0 Å². The minimum absolute atomic E-state index is 0.155. The number of hydrogen-bond acceptors (Lipinski definition) is 6. The van der Waals surface area contributed by atoms with Crippen LogP contribution in [0, 0.1) is 5.41 Å². The molecule has 1 aliphatic heterocycles. The molecule has 0 radical (unpaired) electrons. The molecule has 1 N–H and O–H groups in total. The molecule has 0 aromatic heterocycles. The van der Waals surface area contributed by atoms with Gasteiger partial charge in [-0.2, -0.15) is 0 Å². The van der Waals surface area contributed by atoms with Gasteiger partial charge in [0.2, 0.25) is 12.2 Å². The third kappa shape index (κ3) is 4.59. The number of halogens is 3. The van der Waals surface area contributed by atoms with Crippen molar-refractivity contribution >= 4 is 68.1 Å². The van der Waals surface area contributed by atoms with E-state index in [9.17, 15) is 4.57 Å². The molecule has 0 aromatic rings. The Kier molecular flexibility index (Phi) is 7.84. The van der Waals surface area contributed by atoms with Gasteiger partial charge in [-0.1, -0.05) is 34.8 Å². The Balaban J connectivity index is 2.90. The molecular weight excluding hydrogens is 389 g/mol. The summed E-state index contributed by atoms with van der Waals surface area (Å²) in [6, 6.07) is 0. The van der Waals surface area contributed by atoms with Crippen LogP contribution in [0.25, 0.3) is 0 Å². The Morgan fingerprint density at radius 1 is 1.30 bits per heavy atom. The van der Waals surface area contributed by atoms with Gasteiger partial charge in [0.05, 0.1) is 11.8 Å². The van der Waals surface area contributed by atoms with Gasteiger partial charge in [-0.25, -0.2) is 0 Å². The zero-order chi connectivity index (χ0) is 15.5. The highest BCUT2D eigenvalue weighted by Crippen LogP contribution is 2.36. The summed E-state index contributed by atoms with van der Waals surface area (Å²) >= 11 is 16.6. The fourth-order valence-corrected chi connectivity index (χ4v) is 3.18. The Hall–Kier alpha value is 1.18. The highest BCUT2D eigenvalue weighted by molar-refractivity contribution is 7.25. The molecule has 7 atom stereocenters. The summed E-state index contributed by atoms with van der Waals surface area (Å²) in [6.07, 6.45) is -2.88. The van der Waals surface area contributed by atoms with Crippen LogP contribution in [0.4, 0.5) is 0 Å². The fraction of sp³-hybridized carbons (Fsp3) is 0.875. The van der Waals surface area contributed by atoms with Crippen LogP contribution in [0.5, 0.6) is 0 Å². The Morgan fingerprint density at radius 3 is 2.25 bits per heavy atom. The normalized spacial score (nSPS) is 35.0. The van der Waals surface area contributed by atoms with Crippen LogP contribution in [0.2, 0.25) is 0 Å². The number of hydrogen-bond donors (Lipinski definition) is 1. The lowest BCUT2D eigenvalue weighted by Crippen LogP contribution is -2.56. The molecule has 20 heavy (non-hydrogen) atoms. The number of nitrogens with one attached hydrogen (secondary N) is 1. The Bertz CT molecular complexity index is 372. The monoisotopic (exact) mass is 401 g/mol. The summed E-state index contributed by atoms with van der Waals surface area (Å²) in [6.45, 7) is 1.70. The van der Waals surface area contributed by atoms with Gasteiger partial charge in [0, 0.05) is 18.9 Å². The zero-order valence-electron chi connectivity index (χ0n) is 10.2. The maximum atomic E-state index is 11.2. The average Bonchev–Trinajstić information content (AvgIpc) is 2.36. The smallest absolute Gasteiger partial charge is 0.265 e. The lowest BCUT2D eigenvalue weighted by Gasteiger charge is -2.41. The van der Waals surface area contributed by atoms with Crippen molar-refractivity contribution in [2.75, 3.05) is 0 Å². The molecule has 0 saturated carbocycles. The maximum absolute atomic E-state index is 11.2. The van der Waals surface area contributed by atoms with Crippen LogP contribution in [0.15, 0.2) is 0 Å². The summed E-state index contributed by atoms with van der Waals surface area (Å²) in [7, 11) is 3.96. The predicted molar refractivity (Wildman–Crippen MR) is 84.0 cm³/mol. The Labute approximate surface area is 137 Å². The molecule has 1 heterocycles. The molecule has 0 aromatic carbocycles. The maximum Gasteiger partial charge on any atom is 0.265 e. The molecular formula is C8H13Cl3NO5P3. The van der Waals surface area contributed by atoms with Gasteiger partial charge in [-0.15, -0.1) is 0 Å². The first-order valence-corrected chi connectivity index (χ1v) is 8.23. The van der Waals surface area contributed by atoms with Gasteiger partial charge in [-0.05, 0) is 6.92 Å². The minimum atomic E-state index is -2.01. The van der Waals surface area contributed by atoms with Gasteiger partial charge in [-0.3, -0.25) is 9.97 Å². The van der Waals surface area contributed by atoms with Crippen molar-refractivity contribution in [2.45, 2.75) is 41.0 Å². The zero-order valence-corrected chi connectivity index (χ0v) is 15.6. The first-order valence-electron chi connectivity index (χ1n) is 5.27. The van der Waals surface area contributed by atoms with Crippen molar-refractivity contribution < 1.29 is 23.1 Å². The molecule has 0 bridgehead atoms. The second-order valence-corrected chi connectivity index (χ2v) is 7.58. The lowest BCUT2D eigenvalue weighted by atomic mass is 10.0. The number of alkyl halides is 3. The van der Waals surface area contributed by atoms with E-state index >= 15 is 0 Å². The van der Waals surface area contributed by atoms with Crippen molar-refractivity contribution in [3.8, 4) is 0 Å². The Morgan fingerprint density at radius 2 is 1.85 bits per heavy atom. The SMILES string of the molecule is CC1OC(OC(=N)C(Cl)(Cl)Cl)C(OP)C(OP)C1P=O. The average molecular weight is 402 g/mol. The van der Waals surface area contributed by atoms with Crippen molar-refractivity contribution in [3.05, 3.63) is 0 Å². The molecule has 1 saturated heterocycles. The third-order valence-electron chi connectivity index (χ3n) is 2.69.